The Balaban J connectivity index is 2.50. The molecule has 0 saturated heterocycles. The lowest BCUT2D eigenvalue weighted by atomic mass is 9.98. The average molecular weight is 137 g/mol. The van der Waals surface area contributed by atoms with Crippen LogP contribution in [0, 0.1) is 0 Å². The van der Waals surface area contributed by atoms with E-state index in [0.717, 1.165) is 18.4 Å². The van der Waals surface area contributed by atoms with E-state index in [1.54, 1.807) is 6.20 Å². The number of aromatic nitrogens is 1. The minimum absolute atomic E-state index is 0.0961. The number of Topliss-reactive ketones (excluding diaryl/α,β-unsaturated/α-hetero) is 1. The summed E-state index contributed by atoms with van der Waals surface area (Å²) in [7, 11) is 0. The van der Waals surface area contributed by atoms with Gasteiger partial charge in [0.25, 0.3) is 0 Å². The smallest absolute Gasteiger partial charge is 0.205 e. The zero-order valence-corrected chi connectivity index (χ0v) is 5.46. The zero-order valence-electron chi connectivity index (χ0n) is 5.46. The molecular formula is C7H7NO2. The van der Waals surface area contributed by atoms with Crippen LogP contribution in [-0.2, 0) is 6.42 Å². The number of carbonyl (C=O) groups is 1. The predicted molar refractivity (Wildman–Crippen MR) is 33.8 cm³/mol. The van der Waals surface area contributed by atoms with Gasteiger partial charge in [-0.2, -0.15) is 0 Å². The number of nitrogens with zero attached hydrogens (tertiary/aromatic N) is 1. The average Bonchev–Trinajstić information content (AvgIpc) is 2.36. The van der Waals surface area contributed by atoms with Gasteiger partial charge in [0.05, 0.1) is 6.20 Å². The lowest BCUT2D eigenvalue weighted by Crippen LogP contribution is -2.07. The summed E-state index contributed by atoms with van der Waals surface area (Å²) < 4.78 is 4.77. The molecule has 0 radical (unpaired) electrons. The van der Waals surface area contributed by atoms with Crippen LogP contribution in [0.4, 0.5) is 0 Å². The van der Waals surface area contributed by atoms with Gasteiger partial charge in [0, 0.05) is 12.0 Å². The molecule has 52 valence electrons. The Bertz CT molecular complexity index is 264. The lowest BCUT2D eigenvalue weighted by molar-refractivity contribution is 0.0935. The largest absolute Gasteiger partial charge is 0.353 e. The summed E-state index contributed by atoms with van der Waals surface area (Å²) in [6, 6.07) is 0. The van der Waals surface area contributed by atoms with Crippen LogP contribution >= 0.6 is 0 Å². The van der Waals surface area contributed by atoms with Crippen molar-refractivity contribution in [3.05, 3.63) is 17.5 Å². The van der Waals surface area contributed by atoms with Gasteiger partial charge in [0.15, 0.2) is 0 Å². The van der Waals surface area contributed by atoms with E-state index in [9.17, 15) is 4.79 Å². The molecule has 1 aromatic heterocycles. The van der Waals surface area contributed by atoms with E-state index in [1.165, 1.54) is 0 Å². The molecule has 0 aliphatic heterocycles. The van der Waals surface area contributed by atoms with Crippen molar-refractivity contribution in [3.8, 4) is 0 Å². The van der Waals surface area contributed by atoms with E-state index in [2.05, 4.69) is 5.16 Å². The molecule has 0 bridgehead atoms. The minimum atomic E-state index is 0.0961. The quantitative estimate of drug-likeness (QED) is 0.539. The van der Waals surface area contributed by atoms with Gasteiger partial charge in [-0.3, -0.25) is 4.79 Å². The summed E-state index contributed by atoms with van der Waals surface area (Å²) in [4.78, 5) is 11.0. The first-order chi connectivity index (χ1) is 4.88. The van der Waals surface area contributed by atoms with Crippen LogP contribution in [0.1, 0.15) is 29.0 Å². The van der Waals surface area contributed by atoms with Crippen LogP contribution in [0.25, 0.3) is 0 Å². The normalized spacial score (nSPS) is 17.0. The first-order valence-corrected chi connectivity index (χ1v) is 3.34. The number of hydrogen-bond donors (Lipinski definition) is 0. The van der Waals surface area contributed by atoms with Crippen molar-refractivity contribution < 1.29 is 9.32 Å². The zero-order chi connectivity index (χ0) is 6.97. The summed E-state index contributed by atoms with van der Waals surface area (Å²) in [6.45, 7) is 0. The Kier molecular flexibility index (Phi) is 1.09. The van der Waals surface area contributed by atoms with Crippen molar-refractivity contribution in [3.63, 3.8) is 0 Å². The molecule has 0 amide bonds. The molecule has 0 saturated carbocycles. The highest BCUT2D eigenvalue weighted by molar-refractivity contribution is 5.95. The molecule has 2 rings (SSSR count). The van der Waals surface area contributed by atoms with Crippen molar-refractivity contribution in [1.29, 1.82) is 0 Å². The van der Waals surface area contributed by atoms with Gasteiger partial charge < -0.3 is 4.52 Å². The number of rotatable bonds is 0. The molecule has 0 aromatic carbocycles. The molecule has 0 spiro atoms. The van der Waals surface area contributed by atoms with Gasteiger partial charge >= 0.3 is 0 Å². The van der Waals surface area contributed by atoms with Crippen molar-refractivity contribution in [2.45, 2.75) is 19.3 Å². The highest BCUT2D eigenvalue weighted by Gasteiger charge is 2.20. The molecule has 1 aliphatic carbocycles. The summed E-state index contributed by atoms with van der Waals surface area (Å²) in [5.74, 6) is 0.574. The fourth-order valence-electron chi connectivity index (χ4n) is 1.22. The van der Waals surface area contributed by atoms with Gasteiger partial charge in [-0.1, -0.05) is 5.16 Å². The van der Waals surface area contributed by atoms with E-state index in [1.807, 2.05) is 0 Å². The summed E-state index contributed by atoms with van der Waals surface area (Å²) in [5, 5.41) is 3.56. The van der Waals surface area contributed by atoms with Crippen LogP contribution in [0.15, 0.2) is 10.7 Å². The second-order valence-electron chi connectivity index (χ2n) is 2.46. The van der Waals surface area contributed by atoms with Crippen LogP contribution in [-0.4, -0.2) is 10.9 Å². The number of aryl methyl sites for hydroxylation is 1. The summed E-state index contributed by atoms with van der Waals surface area (Å²) >= 11 is 0. The SMILES string of the molecule is O=C1CCCc2cnoc21. The Morgan fingerprint density at radius 1 is 1.50 bits per heavy atom. The standard InChI is InChI=1S/C7H7NO2/c9-6-3-1-2-5-4-8-10-7(5)6/h4H,1-3H2. The molecule has 3 heteroatoms. The van der Waals surface area contributed by atoms with Crippen molar-refractivity contribution in [1.82, 2.24) is 5.16 Å². The topological polar surface area (TPSA) is 43.1 Å². The highest BCUT2D eigenvalue weighted by atomic mass is 16.5. The van der Waals surface area contributed by atoms with Crippen LogP contribution in [0.5, 0.6) is 0 Å². The third kappa shape index (κ3) is 0.667. The molecular weight excluding hydrogens is 130 g/mol. The summed E-state index contributed by atoms with van der Waals surface area (Å²) in [5.41, 5.74) is 0.969. The van der Waals surface area contributed by atoms with Crippen molar-refractivity contribution in [2.24, 2.45) is 0 Å². The molecule has 1 aromatic rings. The Morgan fingerprint density at radius 3 is 3.20 bits per heavy atom. The maximum absolute atomic E-state index is 11.0. The number of fused-ring (bicyclic) bond motifs is 1. The molecule has 3 nitrogen and oxygen atoms in total. The van der Waals surface area contributed by atoms with E-state index in [-0.39, 0.29) is 5.78 Å². The molecule has 0 unspecified atom stereocenters. The predicted octanol–water partition coefficient (Wildman–Crippen LogP) is 1.19. The maximum atomic E-state index is 11.0. The number of ketones is 1. The van der Waals surface area contributed by atoms with Gasteiger partial charge in [-0.15, -0.1) is 0 Å². The first kappa shape index (κ1) is 5.65. The van der Waals surface area contributed by atoms with Gasteiger partial charge in [-0.25, -0.2) is 0 Å². The van der Waals surface area contributed by atoms with Crippen molar-refractivity contribution in [2.75, 3.05) is 0 Å². The monoisotopic (exact) mass is 137 g/mol. The third-order valence-electron chi connectivity index (χ3n) is 1.75. The van der Waals surface area contributed by atoms with Crippen LogP contribution in [0.3, 0.4) is 0 Å². The van der Waals surface area contributed by atoms with Crippen LogP contribution < -0.4 is 0 Å². The minimum Gasteiger partial charge on any atom is -0.353 e. The molecule has 10 heavy (non-hydrogen) atoms. The molecule has 0 fully saturated rings. The maximum Gasteiger partial charge on any atom is 0.205 e. The van der Waals surface area contributed by atoms with E-state index in [4.69, 9.17) is 4.52 Å². The van der Waals surface area contributed by atoms with Gasteiger partial charge in [0.1, 0.15) is 0 Å². The Morgan fingerprint density at radius 2 is 2.40 bits per heavy atom. The van der Waals surface area contributed by atoms with Gasteiger partial charge in [-0.05, 0) is 12.8 Å². The van der Waals surface area contributed by atoms with E-state index in [0.29, 0.717) is 12.2 Å². The fraction of sp³-hybridized carbons (Fsp3) is 0.429. The highest BCUT2D eigenvalue weighted by Crippen LogP contribution is 2.19. The first-order valence-electron chi connectivity index (χ1n) is 3.34. The molecule has 1 heterocycles. The van der Waals surface area contributed by atoms with Crippen LogP contribution in [0.2, 0.25) is 0 Å². The molecule has 0 atom stereocenters. The van der Waals surface area contributed by atoms with E-state index >= 15 is 0 Å². The van der Waals surface area contributed by atoms with E-state index < -0.39 is 0 Å². The second-order valence-corrected chi connectivity index (χ2v) is 2.46. The fourth-order valence-corrected chi connectivity index (χ4v) is 1.22. The van der Waals surface area contributed by atoms with Gasteiger partial charge in [0.2, 0.25) is 11.5 Å². The molecule has 1 aliphatic rings. The summed E-state index contributed by atoms with van der Waals surface area (Å²) in [6.07, 6.45) is 4.12. The lowest BCUT2D eigenvalue weighted by Gasteiger charge is -2.04. The number of carbonyl (C=O) groups excluding carboxylic acids is 1. The second kappa shape index (κ2) is 1.94. The molecule has 0 N–H and O–H groups in total. The van der Waals surface area contributed by atoms with Crippen molar-refractivity contribution >= 4 is 5.78 Å². The Hall–Kier alpha value is -1.12. The number of hydrogen-bond acceptors (Lipinski definition) is 3. The third-order valence-corrected chi connectivity index (χ3v) is 1.75. The Labute approximate surface area is 58.0 Å².